The highest BCUT2D eigenvalue weighted by Crippen LogP contribution is 2.22. The van der Waals surface area contributed by atoms with E-state index in [1.54, 1.807) is 25.4 Å². The molecule has 17 heavy (non-hydrogen) atoms. The summed E-state index contributed by atoms with van der Waals surface area (Å²) in [6.45, 7) is 0. The van der Waals surface area contributed by atoms with Gasteiger partial charge in [-0.05, 0) is 25.2 Å². The zero-order valence-electron chi connectivity index (χ0n) is 9.32. The molecule has 0 aliphatic heterocycles. The predicted octanol–water partition coefficient (Wildman–Crippen LogP) is 2.67. The van der Waals surface area contributed by atoms with Crippen LogP contribution >= 0.6 is 0 Å². The average Bonchev–Trinajstić information content (AvgIpc) is 2.34. The Kier molecular flexibility index (Phi) is 3.44. The van der Waals surface area contributed by atoms with E-state index >= 15 is 0 Å². The number of hydrogen-bond acceptors (Lipinski definition) is 2. The smallest absolute Gasteiger partial charge is 0.131 e. The molecule has 1 aromatic carbocycles. The van der Waals surface area contributed by atoms with Gasteiger partial charge >= 0.3 is 0 Å². The normalized spacial score (nSPS) is 12.4. The molecule has 0 saturated carbocycles. The zero-order valence-corrected chi connectivity index (χ0v) is 9.32. The second-order valence-corrected chi connectivity index (χ2v) is 3.64. The Bertz CT molecular complexity index is 500. The second kappa shape index (κ2) is 5.01. The summed E-state index contributed by atoms with van der Waals surface area (Å²) in [5.41, 5.74) is 1.08. The van der Waals surface area contributed by atoms with Gasteiger partial charge in [-0.15, -0.1) is 0 Å². The lowest BCUT2D eigenvalue weighted by Gasteiger charge is -2.16. The van der Waals surface area contributed by atoms with Gasteiger partial charge in [-0.2, -0.15) is 0 Å². The first-order valence-corrected chi connectivity index (χ1v) is 5.25. The summed E-state index contributed by atoms with van der Waals surface area (Å²) in [7, 11) is 1.71. The fraction of sp³-hybridized carbons (Fsp3) is 0.154. The van der Waals surface area contributed by atoms with Crippen molar-refractivity contribution in [3.8, 4) is 0 Å². The number of hydrogen-bond donors (Lipinski definition) is 1. The maximum absolute atomic E-state index is 13.7. The zero-order chi connectivity index (χ0) is 12.3. The average molecular weight is 234 g/mol. The van der Waals surface area contributed by atoms with Crippen LogP contribution in [0.3, 0.4) is 0 Å². The molecule has 0 bridgehead atoms. The number of nitrogens with zero attached hydrogens (tertiary/aromatic N) is 1. The summed E-state index contributed by atoms with van der Waals surface area (Å²) in [6.07, 6.45) is 1.64. The molecule has 1 aromatic heterocycles. The highest BCUT2D eigenvalue weighted by Gasteiger charge is 2.17. The SMILES string of the molecule is CNC(c1ccccn1)c1ccc(F)cc1F. The molecule has 0 amide bonds. The van der Waals surface area contributed by atoms with E-state index in [2.05, 4.69) is 10.3 Å². The molecule has 1 atom stereocenters. The number of nitrogens with one attached hydrogen (secondary N) is 1. The Morgan fingerprint density at radius 2 is 2.00 bits per heavy atom. The van der Waals surface area contributed by atoms with Crippen LogP contribution in [0.15, 0.2) is 42.6 Å². The standard InChI is InChI=1S/C13H12F2N2/c1-16-13(12-4-2-3-7-17-12)10-6-5-9(14)8-11(10)15/h2-8,13,16H,1H3. The van der Waals surface area contributed by atoms with E-state index < -0.39 is 11.6 Å². The number of pyridine rings is 1. The van der Waals surface area contributed by atoms with Gasteiger partial charge in [0, 0.05) is 17.8 Å². The molecule has 1 heterocycles. The van der Waals surface area contributed by atoms with Crippen LogP contribution in [0.2, 0.25) is 0 Å². The molecule has 0 spiro atoms. The molecule has 1 N–H and O–H groups in total. The summed E-state index contributed by atoms with van der Waals surface area (Å²) in [5, 5.41) is 2.97. The van der Waals surface area contributed by atoms with E-state index in [-0.39, 0.29) is 6.04 Å². The van der Waals surface area contributed by atoms with E-state index in [1.165, 1.54) is 12.1 Å². The van der Waals surface area contributed by atoms with Gasteiger partial charge in [0.25, 0.3) is 0 Å². The van der Waals surface area contributed by atoms with Crippen LogP contribution in [0, 0.1) is 11.6 Å². The van der Waals surface area contributed by atoms with Crippen LogP contribution in [0.1, 0.15) is 17.3 Å². The first kappa shape index (κ1) is 11.7. The largest absolute Gasteiger partial charge is 0.308 e. The van der Waals surface area contributed by atoms with Gasteiger partial charge in [0.2, 0.25) is 0 Å². The van der Waals surface area contributed by atoms with E-state index in [1.807, 2.05) is 6.07 Å². The van der Waals surface area contributed by atoms with Crippen LogP contribution in [0.25, 0.3) is 0 Å². The van der Waals surface area contributed by atoms with Gasteiger partial charge in [0.05, 0.1) is 11.7 Å². The maximum Gasteiger partial charge on any atom is 0.131 e. The highest BCUT2D eigenvalue weighted by atomic mass is 19.1. The molecule has 0 radical (unpaired) electrons. The van der Waals surface area contributed by atoms with Gasteiger partial charge in [0.15, 0.2) is 0 Å². The second-order valence-electron chi connectivity index (χ2n) is 3.64. The Balaban J connectivity index is 2.42. The molecule has 0 fully saturated rings. The molecule has 4 heteroatoms. The van der Waals surface area contributed by atoms with Crippen molar-refractivity contribution in [2.24, 2.45) is 0 Å². The summed E-state index contributed by atoms with van der Waals surface area (Å²) < 4.78 is 26.5. The van der Waals surface area contributed by atoms with E-state index in [0.29, 0.717) is 11.3 Å². The Morgan fingerprint density at radius 1 is 1.18 bits per heavy atom. The lowest BCUT2D eigenvalue weighted by atomic mass is 10.0. The lowest BCUT2D eigenvalue weighted by molar-refractivity contribution is 0.548. The van der Waals surface area contributed by atoms with Gasteiger partial charge in [0.1, 0.15) is 11.6 Å². The minimum Gasteiger partial charge on any atom is -0.308 e. The topological polar surface area (TPSA) is 24.9 Å². The third-order valence-corrected chi connectivity index (χ3v) is 2.55. The van der Waals surface area contributed by atoms with Gasteiger partial charge < -0.3 is 5.32 Å². The lowest BCUT2D eigenvalue weighted by Crippen LogP contribution is -2.20. The fourth-order valence-corrected chi connectivity index (χ4v) is 1.75. The Morgan fingerprint density at radius 3 is 2.59 bits per heavy atom. The first-order valence-electron chi connectivity index (χ1n) is 5.25. The van der Waals surface area contributed by atoms with Crippen LogP contribution in [0.4, 0.5) is 8.78 Å². The molecule has 2 aromatic rings. The summed E-state index contributed by atoms with van der Waals surface area (Å²) in [4.78, 5) is 4.17. The molecule has 0 aliphatic rings. The van der Waals surface area contributed by atoms with Crippen molar-refractivity contribution in [2.75, 3.05) is 7.05 Å². The molecule has 2 rings (SSSR count). The monoisotopic (exact) mass is 234 g/mol. The van der Waals surface area contributed by atoms with Gasteiger partial charge in [-0.3, -0.25) is 4.98 Å². The van der Waals surface area contributed by atoms with E-state index in [4.69, 9.17) is 0 Å². The van der Waals surface area contributed by atoms with Crippen molar-refractivity contribution in [2.45, 2.75) is 6.04 Å². The van der Waals surface area contributed by atoms with Gasteiger partial charge in [-0.25, -0.2) is 8.78 Å². The van der Waals surface area contributed by atoms with Crippen molar-refractivity contribution in [1.82, 2.24) is 10.3 Å². The molecule has 88 valence electrons. The van der Waals surface area contributed by atoms with E-state index in [0.717, 1.165) is 6.07 Å². The highest BCUT2D eigenvalue weighted by molar-refractivity contribution is 5.29. The molecule has 0 aliphatic carbocycles. The van der Waals surface area contributed by atoms with Crippen LogP contribution in [-0.2, 0) is 0 Å². The van der Waals surface area contributed by atoms with Gasteiger partial charge in [-0.1, -0.05) is 12.1 Å². The number of benzene rings is 1. The predicted molar refractivity (Wildman–Crippen MR) is 61.5 cm³/mol. The Hall–Kier alpha value is -1.81. The summed E-state index contributed by atoms with van der Waals surface area (Å²) >= 11 is 0. The minimum atomic E-state index is -0.581. The van der Waals surface area contributed by atoms with Crippen LogP contribution in [0.5, 0.6) is 0 Å². The molecule has 2 nitrogen and oxygen atoms in total. The molecular formula is C13H12F2N2. The van der Waals surface area contributed by atoms with Crippen molar-refractivity contribution in [3.63, 3.8) is 0 Å². The first-order chi connectivity index (χ1) is 8.22. The van der Waals surface area contributed by atoms with Crippen molar-refractivity contribution >= 4 is 0 Å². The van der Waals surface area contributed by atoms with Crippen molar-refractivity contribution < 1.29 is 8.78 Å². The van der Waals surface area contributed by atoms with Crippen LogP contribution in [-0.4, -0.2) is 12.0 Å². The fourth-order valence-electron chi connectivity index (χ4n) is 1.75. The molecule has 1 unspecified atom stereocenters. The van der Waals surface area contributed by atoms with Crippen molar-refractivity contribution in [1.29, 1.82) is 0 Å². The molecular weight excluding hydrogens is 222 g/mol. The number of rotatable bonds is 3. The Labute approximate surface area is 98.3 Å². The van der Waals surface area contributed by atoms with Crippen molar-refractivity contribution in [3.05, 3.63) is 65.5 Å². The summed E-state index contributed by atoms with van der Waals surface area (Å²) in [5.74, 6) is -1.16. The maximum atomic E-state index is 13.7. The van der Waals surface area contributed by atoms with E-state index in [9.17, 15) is 8.78 Å². The number of aromatic nitrogens is 1. The third kappa shape index (κ3) is 2.47. The summed E-state index contributed by atoms with van der Waals surface area (Å²) in [6, 6.07) is 8.58. The quantitative estimate of drug-likeness (QED) is 0.883. The third-order valence-electron chi connectivity index (χ3n) is 2.55. The molecule has 0 saturated heterocycles. The van der Waals surface area contributed by atoms with Crippen LogP contribution < -0.4 is 5.32 Å². The minimum absolute atomic E-state index is 0.378. The number of halogens is 2.